The van der Waals surface area contributed by atoms with Crippen LogP contribution in [0.25, 0.3) is 6.08 Å². The van der Waals surface area contributed by atoms with E-state index in [4.69, 9.17) is 4.74 Å². The SMILES string of the molecule is Cc1ccc(CN2C(=O)S/C(=C\c3cc(Br)c(OCc4ccccc4F)c(Br)c3)C2=O)cc1. The number of nitrogens with zero attached hydrogens (tertiary/aromatic N) is 1. The van der Waals surface area contributed by atoms with E-state index in [1.165, 1.54) is 11.0 Å². The van der Waals surface area contributed by atoms with Gasteiger partial charge < -0.3 is 4.74 Å². The number of thioether (sulfide) groups is 1. The molecule has 168 valence electrons. The lowest BCUT2D eigenvalue weighted by molar-refractivity contribution is -0.123. The average molecular weight is 591 g/mol. The molecule has 0 radical (unpaired) electrons. The van der Waals surface area contributed by atoms with E-state index in [0.29, 0.717) is 30.7 Å². The van der Waals surface area contributed by atoms with Crippen molar-refractivity contribution in [2.24, 2.45) is 0 Å². The number of carbonyl (C=O) groups excluding carboxylic acids is 2. The molecule has 4 nitrogen and oxygen atoms in total. The molecule has 0 aromatic heterocycles. The summed E-state index contributed by atoms with van der Waals surface area (Å²) in [5.41, 5.74) is 3.17. The van der Waals surface area contributed by atoms with Crippen LogP contribution >= 0.6 is 43.6 Å². The van der Waals surface area contributed by atoms with Gasteiger partial charge >= 0.3 is 0 Å². The smallest absolute Gasteiger partial charge is 0.293 e. The monoisotopic (exact) mass is 589 g/mol. The van der Waals surface area contributed by atoms with Crippen LogP contribution in [0.1, 0.15) is 22.3 Å². The van der Waals surface area contributed by atoms with Gasteiger partial charge in [0.05, 0.1) is 20.4 Å². The lowest BCUT2D eigenvalue weighted by Crippen LogP contribution is -2.27. The second kappa shape index (κ2) is 10.2. The highest BCUT2D eigenvalue weighted by atomic mass is 79.9. The van der Waals surface area contributed by atoms with Gasteiger partial charge in [-0.25, -0.2) is 4.39 Å². The van der Waals surface area contributed by atoms with E-state index < -0.39 is 0 Å². The van der Waals surface area contributed by atoms with Crippen LogP contribution in [-0.2, 0) is 17.9 Å². The number of hydrogen-bond donors (Lipinski definition) is 0. The first kappa shape index (κ1) is 23.7. The van der Waals surface area contributed by atoms with Gasteiger partial charge in [-0.2, -0.15) is 0 Å². The van der Waals surface area contributed by atoms with Gasteiger partial charge in [-0.15, -0.1) is 0 Å². The van der Waals surface area contributed by atoms with Crippen LogP contribution < -0.4 is 4.74 Å². The fraction of sp³-hybridized carbons (Fsp3) is 0.120. The third-order valence-corrected chi connectivity index (χ3v) is 7.07. The predicted octanol–water partition coefficient (Wildman–Crippen LogP) is 7.47. The first-order valence-corrected chi connectivity index (χ1v) is 12.4. The summed E-state index contributed by atoms with van der Waals surface area (Å²) >= 11 is 7.88. The number of hydrogen-bond acceptors (Lipinski definition) is 4. The fourth-order valence-corrected chi connectivity index (χ4v) is 5.52. The first-order valence-electron chi connectivity index (χ1n) is 9.98. The molecule has 0 spiro atoms. The highest BCUT2D eigenvalue weighted by Gasteiger charge is 2.35. The zero-order chi connectivity index (χ0) is 23.5. The summed E-state index contributed by atoms with van der Waals surface area (Å²) in [7, 11) is 0. The summed E-state index contributed by atoms with van der Waals surface area (Å²) in [6.45, 7) is 2.29. The summed E-state index contributed by atoms with van der Waals surface area (Å²) in [4.78, 5) is 26.9. The van der Waals surface area contributed by atoms with Crippen LogP contribution in [0, 0.1) is 12.7 Å². The molecule has 2 amide bonds. The van der Waals surface area contributed by atoms with Crippen molar-refractivity contribution in [2.75, 3.05) is 0 Å². The van der Waals surface area contributed by atoms with Gasteiger partial charge in [0.1, 0.15) is 18.2 Å². The molecule has 0 aliphatic carbocycles. The Hall–Kier alpha value is -2.42. The number of halogens is 3. The molecule has 1 aliphatic rings. The number of ether oxygens (including phenoxy) is 1. The van der Waals surface area contributed by atoms with E-state index in [1.54, 1.807) is 36.4 Å². The Bertz CT molecular complexity index is 1240. The largest absolute Gasteiger partial charge is 0.486 e. The minimum atomic E-state index is -0.331. The zero-order valence-electron chi connectivity index (χ0n) is 17.5. The summed E-state index contributed by atoms with van der Waals surface area (Å²) in [6.07, 6.45) is 1.68. The minimum Gasteiger partial charge on any atom is -0.486 e. The Morgan fingerprint density at radius 2 is 1.70 bits per heavy atom. The van der Waals surface area contributed by atoms with Crippen LogP contribution in [-0.4, -0.2) is 16.0 Å². The van der Waals surface area contributed by atoms with Crippen molar-refractivity contribution in [3.63, 3.8) is 0 Å². The Morgan fingerprint density at radius 1 is 1.03 bits per heavy atom. The van der Waals surface area contributed by atoms with Crippen molar-refractivity contribution in [2.45, 2.75) is 20.1 Å². The van der Waals surface area contributed by atoms with Crippen molar-refractivity contribution in [3.8, 4) is 5.75 Å². The quantitative estimate of drug-likeness (QED) is 0.279. The van der Waals surface area contributed by atoms with Crippen molar-refractivity contribution in [3.05, 3.63) is 103 Å². The number of amides is 2. The van der Waals surface area contributed by atoms with Gasteiger partial charge in [0.15, 0.2) is 0 Å². The van der Waals surface area contributed by atoms with Crippen LogP contribution in [0.2, 0.25) is 0 Å². The Balaban J connectivity index is 1.50. The summed E-state index contributed by atoms with van der Waals surface area (Å²) < 4.78 is 20.9. The molecule has 0 saturated carbocycles. The Labute approximate surface area is 212 Å². The summed E-state index contributed by atoms with van der Waals surface area (Å²) in [5.74, 6) is -0.136. The van der Waals surface area contributed by atoms with Crippen LogP contribution in [0.4, 0.5) is 9.18 Å². The second-order valence-corrected chi connectivity index (χ2v) is 10.1. The molecular weight excluding hydrogens is 573 g/mol. The molecule has 4 rings (SSSR count). The fourth-order valence-electron chi connectivity index (χ4n) is 3.23. The number of benzene rings is 3. The maximum Gasteiger partial charge on any atom is 0.293 e. The molecule has 33 heavy (non-hydrogen) atoms. The lowest BCUT2D eigenvalue weighted by Gasteiger charge is -2.13. The highest BCUT2D eigenvalue weighted by Crippen LogP contribution is 2.38. The standard InChI is InChI=1S/C25H18Br2FNO3S/c1-15-6-8-16(9-7-15)13-29-24(30)22(33-25(29)31)12-17-10-19(26)23(20(27)11-17)32-14-18-4-2-3-5-21(18)28/h2-12H,13-14H2,1H3/b22-12-. The average Bonchev–Trinajstić information content (AvgIpc) is 3.03. The second-order valence-electron chi connectivity index (χ2n) is 7.45. The van der Waals surface area contributed by atoms with Gasteiger partial charge in [0.2, 0.25) is 0 Å². The third kappa shape index (κ3) is 5.57. The van der Waals surface area contributed by atoms with Gasteiger partial charge in [-0.1, -0.05) is 48.0 Å². The lowest BCUT2D eigenvalue weighted by atomic mass is 10.1. The maximum absolute atomic E-state index is 13.9. The molecule has 1 saturated heterocycles. The van der Waals surface area contributed by atoms with E-state index in [1.807, 2.05) is 31.2 Å². The normalized spacial score (nSPS) is 14.9. The molecule has 1 fully saturated rings. The predicted molar refractivity (Wildman–Crippen MR) is 135 cm³/mol. The molecular formula is C25H18Br2FNO3S. The van der Waals surface area contributed by atoms with Crippen LogP contribution in [0.15, 0.2) is 74.5 Å². The molecule has 1 aliphatic heterocycles. The van der Waals surface area contributed by atoms with Crippen LogP contribution in [0.5, 0.6) is 5.75 Å². The topological polar surface area (TPSA) is 46.6 Å². The third-order valence-electron chi connectivity index (χ3n) is 4.98. The van der Waals surface area contributed by atoms with Gasteiger partial charge in [-0.05, 0) is 85.9 Å². The van der Waals surface area contributed by atoms with Gasteiger partial charge in [0.25, 0.3) is 11.1 Å². The Kier molecular flexibility index (Phi) is 7.36. The highest BCUT2D eigenvalue weighted by molar-refractivity contribution is 9.11. The van der Waals surface area contributed by atoms with Crippen LogP contribution in [0.3, 0.4) is 0 Å². The molecule has 1 heterocycles. The van der Waals surface area contributed by atoms with E-state index in [2.05, 4.69) is 31.9 Å². The van der Waals surface area contributed by atoms with E-state index in [9.17, 15) is 14.0 Å². The minimum absolute atomic E-state index is 0.0706. The molecule has 8 heteroatoms. The molecule has 3 aromatic carbocycles. The van der Waals surface area contributed by atoms with Gasteiger partial charge in [0, 0.05) is 5.56 Å². The number of aryl methyl sites for hydroxylation is 1. The summed E-state index contributed by atoms with van der Waals surface area (Å²) in [5, 5.41) is -0.296. The number of imide groups is 1. The van der Waals surface area contributed by atoms with Crippen molar-refractivity contribution in [1.82, 2.24) is 4.90 Å². The Morgan fingerprint density at radius 3 is 2.36 bits per heavy atom. The molecule has 0 bridgehead atoms. The van der Waals surface area contributed by atoms with Crippen molar-refractivity contribution < 1.29 is 18.7 Å². The molecule has 0 atom stereocenters. The van der Waals surface area contributed by atoms with Crippen molar-refractivity contribution in [1.29, 1.82) is 0 Å². The molecule has 0 unspecified atom stereocenters. The zero-order valence-corrected chi connectivity index (χ0v) is 21.5. The first-order chi connectivity index (χ1) is 15.8. The number of rotatable bonds is 6. The summed E-state index contributed by atoms with van der Waals surface area (Å²) in [6, 6.07) is 17.7. The van der Waals surface area contributed by atoms with Gasteiger partial charge in [-0.3, -0.25) is 14.5 Å². The molecule has 0 N–H and O–H groups in total. The van der Waals surface area contributed by atoms with E-state index in [-0.39, 0.29) is 30.1 Å². The molecule has 3 aromatic rings. The van der Waals surface area contributed by atoms with Crippen molar-refractivity contribution >= 4 is 60.8 Å². The maximum atomic E-state index is 13.9. The van der Waals surface area contributed by atoms with E-state index >= 15 is 0 Å². The number of carbonyl (C=O) groups is 2. The van der Waals surface area contributed by atoms with E-state index in [0.717, 1.165) is 22.9 Å².